The number of hydrogen-bond donors (Lipinski definition) is 2. The van der Waals surface area contributed by atoms with Crippen LogP contribution in [0.1, 0.15) is 36.6 Å². The lowest BCUT2D eigenvalue weighted by Crippen LogP contribution is -2.22. The average molecular weight is 542 g/mol. The Balaban J connectivity index is 1.70. The summed E-state index contributed by atoms with van der Waals surface area (Å²) < 4.78 is 23.1. The number of aryl methyl sites for hydroxylation is 1. The van der Waals surface area contributed by atoms with E-state index in [0.29, 0.717) is 26.8 Å². The number of carbonyl (C=O) groups is 1. The van der Waals surface area contributed by atoms with Crippen molar-refractivity contribution in [2.24, 2.45) is 7.05 Å². The van der Waals surface area contributed by atoms with Crippen molar-refractivity contribution in [3.8, 4) is 6.01 Å². The number of nitrogens with one attached hydrogen (secondary N) is 2. The molecule has 4 rings (SSSR count). The Morgan fingerprint density at radius 3 is 2.62 bits per heavy atom. The number of fused-ring (bicyclic) bond motifs is 1. The number of carbonyl (C=O) groups excluding carboxylic acids is 1. The fourth-order valence-electron chi connectivity index (χ4n) is 3.76. The second kappa shape index (κ2) is 11.2. The normalized spacial score (nSPS) is 11.8. The lowest BCUT2D eigenvalue weighted by atomic mass is 10.0. The fourth-order valence-corrected chi connectivity index (χ4v) is 4.58. The van der Waals surface area contributed by atoms with Gasteiger partial charge < -0.3 is 10.1 Å². The van der Waals surface area contributed by atoms with Gasteiger partial charge in [0.25, 0.3) is 11.6 Å². The van der Waals surface area contributed by atoms with E-state index in [9.17, 15) is 14.0 Å². The van der Waals surface area contributed by atoms with Gasteiger partial charge in [0.1, 0.15) is 22.6 Å². The maximum Gasteiger partial charge on any atom is 0.299 e. The van der Waals surface area contributed by atoms with E-state index in [1.54, 1.807) is 37.4 Å². The molecule has 0 aliphatic rings. The highest BCUT2D eigenvalue weighted by molar-refractivity contribution is 7.98. The SMILES string of the molecule is CC(=O)NSc1nc(Cl)ccc1NC(C)c1cc(C)cc2c(=O)n(C)c(OCc3ccc(F)cc3)nc12. The van der Waals surface area contributed by atoms with E-state index >= 15 is 0 Å². The Labute approximate surface area is 222 Å². The van der Waals surface area contributed by atoms with Crippen molar-refractivity contribution in [2.45, 2.75) is 38.4 Å². The minimum atomic E-state index is -0.337. The first-order valence-electron chi connectivity index (χ1n) is 11.4. The molecule has 0 radical (unpaired) electrons. The van der Waals surface area contributed by atoms with Gasteiger partial charge in [0.15, 0.2) is 0 Å². The first kappa shape index (κ1) is 26.4. The molecule has 0 saturated heterocycles. The van der Waals surface area contributed by atoms with E-state index in [-0.39, 0.29) is 35.9 Å². The Morgan fingerprint density at radius 2 is 1.92 bits per heavy atom. The van der Waals surface area contributed by atoms with Gasteiger partial charge in [0, 0.05) is 31.5 Å². The smallest absolute Gasteiger partial charge is 0.299 e. The summed E-state index contributed by atoms with van der Waals surface area (Å²) >= 11 is 7.13. The molecular formula is C26H25ClFN5O3S. The van der Waals surface area contributed by atoms with E-state index in [0.717, 1.165) is 28.6 Å². The third-order valence-electron chi connectivity index (χ3n) is 5.55. The van der Waals surface area contributed by atoms with Crippen molar-refractivity contribution in [3.63, 3.8) is 0 Å². The van der Waals surface area contributed by atoms with E-state index < -0.39 is 0 Å². The minimum Gasteiger partial charge on any atom is -0.460 e. The summed E-state index contributed by atoms with van der Waals surface area (Å²) in [5, 5.41) is 4.65. The van der Waals surface area contributed by atoms with Crippen molar-refractivity contribution in [1.29, 1.82) is 0 Å². The molecule has 4 aromatic rings. The maximum absolute atomic E-state index is 13.2. The highest BCUT2D eigenvalue weighted by Gasteiger charge is 2.19. The molecule has 1 unspecified atom stereocenters. The van der Waals surface area contributed by atoms with E-state index in [1.807, 2.05) is 19.9 Å². The molecule has 0 fully saturated rings. The van der Waals surface area contributed by atoms with Crippen LogP contribution in [0.4, 0.5) is 10.1 Å². The molecule has 0 spiro atoms. The predicted molar refractivity (Wildman–Crippen MR) is 143 cm³/mol. The van der Waals surface area contributed by atoms with Gasteiger partial charge in [-0.3, -0.25) is 18.9 Å². The van der Waals surface area contributed by atoms with Crippen LogP contribution >= 0.6 is 23.5 Å². The molecule has 2 aromatic heterocycles. The second-order valence-corrected chi connectivity index (χ2v) is 9.72. The Bertz CT molecular complexity index is 1530. The van der Waals surface area contributed by atoms with Crippen LogP contribution in [0, 0.1) is 12.7 Å². The van der Waals surface area contributed by atoms with E-state index in [2.05, 4.69) is 15.0 Å². The van der Waals surface area contributed by atoms with Gasteiger partial charge in [-0.05, 0) is 55.3 Å². The van der Waals surface area contributed by atoms with Crippen LogP contribution in [0.5, 0.6) is 6.01 Å². The zero-order valence-corrected chi connectivity index (χ0v) is 22.2. The number of aromatic nitrogens is 3. The number of pyridine rings is 1. The molecule has 8 nitrogen and oxygen atoms in total. The number of ether oxygens (including phenoxy) is 1. The van der Waals surface area contributed by atoms with Crippen molar-refractivity contribution < 1.29 is 13.9 Å². The largest absolute Gasteiger partial charge is 0.460 e. The predicted octanol–water partition coefficient (Wildman–Crippen LogP) is 5.32. The van der Waals surface area contributed by atoms with Gasteiger partial charge in [-0.1, -0.05) is 29.8 Å². The monoisotopic (exact) mass is 541 g/mol. The van der Waals surface area contributed by atoms with Gasteiger partial charge in [0.2, 0.25) is 5.91 Å². The quantitative estimate of drug-likeness (QED) is 0.230. The Morgan fingerprint density at radius 1 is 1.19 bits per heavy atom. The molecule has 0 bridgehead atoms. The van der Waals surface area contributed by atoms with Crippen LogP contribution in [0.25, 0.3) is 10.9 Å². The number of amides is 1. The third kappa shape index (κ3) is 6.20. The molecule has 0 aliphatic carbocycles. The summed E-state index contributed by atoms with van der Waals surface area (Å²) in [5.41, 5.74) is 3.34. The Kier molecular flexibility index (Phi) is 7.99. The molecule has 1 amide bonds. The van der Waals surface area contributed by atoms with Gasteiger partial charge in [-0.15, -0.1) is 0 Å². The molecule has 11 heteroatoms. The number of benzene rings is 2. The molecule has 192 valence electrons. The molecule has 2 aromatic carbocycles. The summed E-state index contributed by atoms with van der Waals surface area (Å²) in [5.74, 6) is -0.556. The van der Waals surface area contributed by atoms with Crippen LogP contribution in [-0.2, 0) is 18.4 Å². The molecule has 37 heavy (non-hydrogen) atoms. The van der Waals surface area contributed by atoms with Gasteiger partial charge in [-0.25, -0.2) is 9.37 Å². The van der Waals surface area contributed by atoms with Crippen LogP contribution in [-0.4, -0.2) is 20.4 Å². The van der Waals surface area contributed by atoms with Crippen molar-refractivity contribution in [3.05, 3.63) is 86.5 Å². The van der Waals surface area contributed by atoms with Crippen LogP contribution in [0.15, 0.2) is 58.4 Å². The molecule has 2 N–H and O–H groups in total. The van der Waals surface area contributed by atoms with Crippen molar-refractivity contribution >= 4 is 46.0 Å². The highest BCUT2D eigenvalue weighted by Crippen LogP contribution is 2.31. The van der Waals surface area contributed by atoms with Crippen molar-refractivity contribution in [1.82, 2.24) is 19.3 Å². The number of nitrogens with zero attached hydrogens (tertiary/aromatic N) is 3. The van der Waals surface area contributed by atoms with Crippen LogP contribution in [0.2, 0.25) is 5.15 Å². The standard InChI is InChI=1S/C26H25ClFN5O3S/c1-14-11-19(15(2)29-21-9-10-22(27)30-24(21)37-32-16(3)34)23-20(12-14)25(35)33(4)26(31-23)36-13-17-5-7-18(28)8-6-17/h5-12,15,29H,13H2,1-4H3,(H,32,34). The molecule has 1 atom stereocenters. The molecule has 0 aliphatic heterocycles. The van der Waals surface area contributed by atoms with E-state index in [4.69, 9.17) is 21.3 Å². The number of anilines is 1. The minimum absolute atomic E-state index is 0.126. The fraction of sp³-hybridized carbons (Fsp3) is 0.231. The first-order chi connectivity index (χ1) is 17.6. The van der Waals surface area contributed by atoms with Crippen LogP contribution in [0.3, 0.4) is 0 Å². The van der Waals surface area contributed by atoms with Crippen molar-refractivity contribution in [2.75, 3.05) is 5.32 Å². The number of hydrogen-bond acceptors (Lipinski definition) is 7. The maximum atomic E-state index is 13.2. The third-order valence-corrected chi connectivity index (χ3v) is 6.66. The topological polar surface area (TPSA) is 98.1 Å². The number of halogens is 2. The zero-order valence-electron chi connectivity index (χ0n) is 20.6. The summed E-state index contributed by atoms with van der Waals surface area (Å²) in [4.78, 5) is 33.6. The molecular weight excluding hydrogens is 517 g/mol. The number of rotatable bonds is 8. The molecule has 2 heterocycles. The van der Waals surface area contributed by atoms with Gasteiger partial charge >= 0.3 is 0 Å². The van der Waals surface area contributed by atoms with Gasteiger partial charge in [0.05, 0.1) is 22.6 Å². The lowest BCUT2D eigenvalue weighted by Gasteiger charge is -2.20. The highest BCUT2D eigenvalue weighted by atomic mass is 35.5. The second-order valence-electron chi connectivity index (χ2n) is 8.54. The summed E-state index contributed by atoms with van der Waals surface area (Å²) in [7, 11) is 1.60. The zero-order chi connectivity index (χ0) is 26.7. The lowest BCUT2D eigenvalue weighted by molar-refractivity contribution is -0.117. The van der Waals surface area contributed by atoms with E-state index in [1.165, 1.54) is 23.6 Å². The average Bonchev–Trinajstić information content (AvgIpc) is 2.86. The Hall–Kier alpha value is -3.63. The van der Waals surface area contributed by atoms with Crippen LogP contribution < -0.4 is 20.3 Å². The molecule has 0 saturated carbocycles. The first-order valence-corrected chi connectivity index (χ1v) is 12.6. The van der Waals surface area contributed by atoms with Gasteiger partial charge in [-0.2, -0.15) is 4.98 Å². The summed E-state index contributed by atoms with van der Waals surface area (Å²) in [6, 6.07) is 13.0. The summed E-state index contributed by atoms with van der Waals surface area (Å²) in [6.45, 7) is 5.39. The summed E-state index contributed by atoms with van der Waals surface area (Å²) in [6.07, 6.45) is 0.